The zero-order chi connectivity index (χ0) is 21.3. The van der Waals surface area contributed by atoms with Crippen molar-refractivity contribution in [3.05, 3.63) is 59.7 Å². The second kappa shape index (κ2) is 8.25. The summed E-state index contributed by atoms with van der Waals surface area (Å²) in [5.41, 5.74) is 3.14. The van der Waals surface area contributed by atoms with Gasteiger partial charge in [0, 0.05) is 17.1 Å². The van der Waals surface area contributed by atoms with Gasteiger partial charge in [-0.1, -0.05) is 68.1 Å². The Labute approximate surface area is 179 Å². The number of amides is 2. The number of hydrogen-bond donors (Lipinski definition) is 1. The quantitative estimate of drug-likeness (QED) is 0.673. The Morgan fingerprint density at radius 1 is 0.867 bits per heavy atom. The first-order chi connectivity index (χ1) is 14.4. The Morgan fingerprint density at radius 2 is 1.43 bits per heavy atom. The highest BCUT2D eigenvalue weighted by Gasteiger charge is 2.41. The van der Waals surface area contributed by atoms with Crippen LogP contribution in [0, 0.1) is 0 Å². The molecule has 0 bridgehead atoms. The predicted molar refractivity (Wildman–Crippen MR) is 120 cm³/mol. The van der Waals surface area contributed by atoms with E-state index in [4.69, 9.17) is 0 Å². The van der Waals surface area contributed by atoms with Crippen LogP contribution < -0.4 is 5.32 Å². The lowest BCUT2D eigenvalue weighted by molar-refractivity contribution is -0.128. The van der Waals surface area contributed by atoms with Gasteiger partial charge in [0.1, 0.15) is 6.04 Å². The maximum atomic E-state index is 13.9. The van der Waals surface area contributed by atoms with E-state index in [1.165, 1.54) is 12.8 Å². The normalized spacial score (nSPS) is 20.0. The molecule has 2 aliphatic rings. The van der Waals surface area contributed by atoms with Crippen LogP contribution in [0.1, 0.15) is 81.3 Å². The molecular formula is C26H32N2O2. The Bertz CT molecular complexity index is 936. The molecule has 1 heterocycles. The lowest BCUT2D eigenvalue weighted by Crippen LogP contribution is -2.51. The Balaban J connectivity index is 1.91. The molecule has 1 aliphatic heterocycles. The highest BCUT2D eigenvalue weighted by Crippen LogP contribution is 2.41. The second-order valence-corrected chi connectivity index (χ2v) is 9.63. The maximum absolute atomic E-state index is 13.9. The fraction of sp³-hybridized carbons (Fsp3) is 0.462. The van der Waals surface area contributed by atoms with Gasteiger partial charge < -0.3 is 10.2 Å². The molecule has 4 nitrogen and oxygen atoms in total. The van der Waals surface area contributed by atoms with E-state index < -0.39 is 6.04 Å². The third kappa shape index (κ3) is 4.00. The molecule has 1 aliphatic carbocycles. The van der Waals surface area contributed by atoms with Gasteiger partial charge in [-0.05, 0) is 56.4 Å². The Hall–Kier alpha value is -2.62. The Kier molecular flexibility index (Phi) is 5.68. The molecule has 1 saturated carbocycles. The van der Waals surface area contributed by atoms with Gasteiger partial charge in [-0.3, -0.25) is 9.59 Å². The number of carbonyl (C=O) groups excluding carboxylic acids is 2. The van der Waals surface area contributed by atoms with E-state index in [0.29, 0.717) is 5.56 Å². The molecule has 0 aromatic heterocycles. The van der Waals surface area contributed by atoms with Crippen molar-refractivity contribution in [2.24, 2.45) is 0 Å². The van der Waals surface area contributed by atoms with Gasteiger partial charge in [0.25, 0.3) is 5.91 Å². The van der Waals surface area contributed by atoms with Gasteiger partial charge in [0.15, 0.2) is 0 Å². The molecule has 158 valence electrons. The summed E-state index contributed by atoms with van der Waals surface area (Å²) in [7, 11) is 0. The molecule has 0 saturated heterocycles. The van der Waals surface area contributed by atoms with Crippen LogP contribution in [0.15, 0.2) is 48.5 Å². The molecule has 0 radical (unpaired) electrons. The summed E-state index contributed by atoms with van der Waals surface area (Å²) in [5, 5.41) is 3.16. The second-order valence-electron chi connectivity index (χ2n) is 9.63. The van der Waals surface area contributed by atoms with E-state index >= 15 is 0 Å². The van der Waals surface area contributed by atoms with Crippen LogP contribution >= 0.6 is 0 Å². The molecule has 30 heavy (non-hydrogen) atoms. The highest BCUT2D eigenvalue weighted by atomic mass is 16.2. The van der Waals surface area contributed by atoms with Crippen LogP contribution in [-0.2, 0) is 4.79 Å². The van der Waals surface area contributed by atoms with Crippen molar-refractivity contribution in [3.8, 4) is 11.1 Å². The number of nitrogens with zero attached hydrogens (tertiary/aromatic N) is 1. The van der Waals surface area contributed by atoms with E-state index in [2.05, 4.69) is 5.32 Å². The first-order valence-corrected chi connectivity index (χ1v) is 11.2. The summed E-state index contributed by atoms with van der Waals surface area (Å²) >= 11 is 0. The van der Waals surface area contributed by atoms with Crippen LogP contribution in [-0.4, -0.2) is 28.3 Å². The lowest BCUT2D eigenvalue weighted by atomic mass is 9.92. The van der Waals surface area contributed by atoms with Crippen LogP contribution in [0.2, 0.25) is 0 Å². The van der Waals surface area contributed by atoms with E-state index in [-0.39, 0.29) is 23.4 Å². The summed E-state index contributed by atoms with van der Waals surface area (Å²) in [6.45, 7) is 5.96. The monoisotopic (exact) mass is 404 g/mol. The number of nitrogens with one attached hydrogen (secondary N) is 1. The van der Waals surface area contributed by atoms with Gasteiger partial charge in [0.2, 0.25) is 5.91 Å². The lowest BCUT2D eigenvalue weighted by Gasteiger charge is -2.38. The molecule has 0 spiro atoms. The molecular weight excluding hydrogens is 372 g/mol. The largest absolute Gasteiger partial charge is 0.349 e. The minimum atomic E-state index is -0.622. The van der Waals surface area contributed by atoms with Gasteiger partial charge in [-0.2, -0.15) is 0 Å². The third-order valence-corrected chi connectivity index (χ3v) is 6.18. The van der Waals surface area contributed by atoms with Crippen molar-refractivity contribution in [2.75, 3.05) is 0 Å². The average molecular weight is 405 g/mol. The van der Waals surface area contributed by atoms with Crippen molar-refractivity contribution in [1.82, 2.24) is 10.2 Å². The molecule has 1 N–H and O–H groups in total. The highest BCUT2D eigenvalue weighted by molar-refractivity contribution is 6.06. The number of rotatable bonds is 2. The minimum Gasteiger partial charge on any atom is -0.349 e. The average Bonchev–Trinajstić information content (AvgIpc) is 3.03. The summed E-state index contributed by atoms with van der Waals surface area (Å²) in [6.07, 6.45) is 6.51. The predicted octanol–water partition coefficient (Wildman–Crippen LogP) is 5.49. The van der Waals surface area contributed by atoms with Gasteiger partial charge in [-0.25, -0.2) is 0 Å². The number of fused-ring (bicyclic) bond motifs is 3. The molecule has 1 fully saturated rings. The number of benzene rings is 2. The zero-order valence-electron chi connectivity index (χ0n) is 18.3. The first-order valence-electron chi connectivity index (χ1n) is 11.2. The fourth-order valence-electron chi connectivity index (χ4n) is 4.91. The molecule has 4 rings (SSSR count). The number of carbonyl (C=O) groups is 2. The van der Waals surface area contributed by atoms with Crippen molar-refractivity contribution < 1.29 is 9.59 Å². The zero-order valence-corrected chi connectivity index (χ0v) is 18.3. The molecule has 1 unspecified atom stereocenters. The molecule has 2 aromatic rings. The van der Waals surface area contributed by atoms with Crippen LogP contribution in [0.3, 0.4) is 0 Å². The van der Waals surface area contributed by atoms with Crippen molar-refractivity contribution in [3.63, 3.8) is 0 Å². The Morgan fingerprint density at radius 3 is 2.07 bits per heavy atom. The summed E-state index contributed by atoms with van der Waals surface area (Å²) in [4.78, 5) is 29.5. The van der Waals surface area contributed by atoms with Crippen molar-refractivity contribution in [2.45, 2.75) is 76.9 Å². The van der Waals surface area contributed by atoms with Crippen molar-refractivity contribution >= 4 is 11.8 Å². The first kappa shape index (κ1) is 20.6. The summed E-state index contributed by atoms with van der Waals surface area (Å²) < 4.78 is 0. The van der Waals surface area contributed by atoms with E-state index in [0.717, 1.165) is 42.4 Å². The van der Waals surface area contributed by atoms with E-state index in [9.17, 15) is 9.59 Å². The van der Waals surface area contributed by atoms with Crippen LogP contribution in [0.4, 0.5) is 0 Å². The topological polar surface area (TPSA) is 49.4 Å². The minimum absolute atomic E-state index is 0.0252. The molecule has 2 aromatic carbocycles. The number of hydrogen-bond acceptors (Lipinski definition) is 2. The summed E-state index contributed by atoms with van der Waals surface area (Å²) in [6, 6.07) is 15.3. The fourth-order valence-corrected chi connectivity index (χ4v) is 4.91. The molecule has 1 atom stereocenters. The maximum Gasteiger partial charge on any atom is 0.255 e. The smallest absolute Gasteiger partial charge is 0.255 e. The molecule has 2 amide bonds. The van der Waals surface area contributed by atoms with Crippen molar-refractivity contribution in [1.29, 1.82) is 0 Å². The SMILES string of the molecule is CC(C)(C)NC(=O)C1c2ccccc2-c2ccccc2C(=O)N1C1CCCCCC1. The van der Waals surface area contributed by atoms with E-state index in [1.807, 2.05) is 74.2 Å². The summed E-state index contributed by atoms with van der Waals surface area (Å²) in [5.74, 6) is -0.122. The van der Waals surface area contributed by atoms with Crippen LogP contribution in [0.5, 0.6) is 0 Å². The van der Waals surface area contributed by atoms with E-state index in [1.54, 1.807) is 0 Å². The van der Waals surface area contributed by atoms with Gasteiger partial charge in [-0.15, -0.1) is 0 Å². The van der Waals surface area contributed by atoms with Gasteiger partial charge >= 0.3 is 0 Å². The van der Waals surface area contributed by atoms with Crippen LogP contribution in [0.25, 0.3) is 11.1 Å². The standard InChI is InChI=1S/C26H32N2O2/c1-26(2,3)27-24(29)23-21-16-10-8-14-19(21)20-15-9-11-17-22(20)25(30)28(23)18-12-6-4-5-7-13-18/h8-11,14-18,23H,4-7,12-13H2,1-3H3,(H,27,29). The third-order valence-electron chi connectivity index (χ3n) is 6.18. The molecule has 4 heteroatoms. The van der Waals surface area contributed by atoms with Gasteiger partial charge in [0.05, 0.1) is 0 Å².